The number of carbonyl (C=O) groups excluding carboxylic acids is 1. The average molecular weight is 415 g/mol. The predicted octanol–water partition coefficient (Wildman–Crippen LogP) is 4.58. The number of hydrazone groups is 1. The van der Waals surface area contributed by atoms with Gasteiger partial charge >= 0.3 is 0 Å². The second-order valence-corrected chi connectivity index (χ2v) is 6.76. The number of aryl methyl sites for hydroxylation is 1. The molecule has 1 heterocycles. The summed E-state index contributed by atoms with van der Waals surface area (Å²) in [6.45, 7) is 3.81. The Kier molecular flexibility index (Phi) is 5.13. The van der Waals surface area contributed by atoms with Crippen molar-refractivity contribution in [3.8, 4) is 11.5 Å². The lowest BCUT2D eigenvalue weighted by Gasteiger charge is -2.13. The second kappa shape index (κ2) is 7.33. The Morgan fingerprint density at radius 2 is 1.77 bits per heavy atom. The van der Waals surface area contributed by atoms with Crippen LogP contribution in [-0.2, 0) is 4.79 Å². The number of nitrogens with zero attached hydrogens (tertiary/aromatic N) is 2. The van der Waals surface area contributed by atoms with Crippen LogP contribution in [0.15, 0.2) is 51.5 Å². The Bertz CT molecular complexity index is 935. The number of methoxy groups -OCH3 is 2. The minimum absolute atomic E-state index is 0.154. The number of anilines is 1. The maximum Gasteiger partial charge on any atom is 0.280 e. The maximum atomic E-state index is 12.9. The molecule has 0 atom stereocenters. The van der Waals surface area contributed by atoms with E-state index in [0.717, 1.165) is 21.3 Å². The molecule has 5 nitrogen and oxygen atoms in total. The number of amides is 1. The molecule has 2 aromatic rings. The van der Waals surface area contributed by atoms with Gasteiger partial charge in [-0.25, -0.2) is 0 Å². The number of carbonyl (C=O) groups is 1. The molecule has 6 heteroatoms. The first-order valence-corrected chi connectivity index (χ1v) is 8.84. The summed E-state index contributed by atoms with van der Waals surface area (Å²) in [4.78, 5) is 12.9. The summed E-state index contributed by atoms with van der Waals surface area (Å²) in [7, 11) is 3.17. The molecule has 0 saturated carbocycles. The highest BCUT2D eigenvalue weighted by molar-refractivity contribution is 9.10. The van der Waals surface area contributed by atoms with Crippen LogP contribution in [0.2, 0.25) is 0 Å². The topological polar surface area (TPSA) is 51.1 Å². The van der Waals surface area contributed by atoms with Gasteiger partial charge in [-0.2, -0.15) is 10.1 Å². The Morgan fingerprint density at radius 1 is 1.04 bits per heavy atom. The molecule has 0 spiro atoms. The van der Waals surface area contributed by atoms with Crippen molar-refractivity contribution in [1.82, 2.24) is 0 Å². The molecule has 0 unspecified atom stereocenters. The van der Waals surface area contributed by atoms with Crippen LogP contribution in [0.5, 0.6) is 11.5 Å². The molecule has 0 N–H and O–H groups in total. The zero-order valence-corrected chi connectivity index (χ0v) is 16.6. The lowest BCUT2D eigenvalue weighted by Crippen LogP contribution is -2.21. The molecule has 0 aliphatic carbocycles. The maximum absolute atomic E-state index is 12.9. The first-order valence-electron chi connectivity index (χ1n) is 8.04. The van der Waals surface area contributed by atoms with Gasteiger partial charge < -0.3 is 9.47 Å². The van der Waals surface area contributed by atoms with Crippen LogP contribution in [0.25, 0.3) is 6.08 Å². The Labute approximate surface area is 161 Å². The third-order valence-electron chi connectivity index (χ3n) is 4.17. The average Bonchev–Trinajstić information content (AvgIpc) is 2.92. The van der Waals surface area contributed by atoms with Crippen LogP contribution in [0.1, 0.15) is 18.1 Å². The summed E-state index contributed by atoms with van der Waals surface area (Å²) in [5.74, 6) is 1.10. The van der Waals surface area contributed by atoms with Gasteiger partial charge in [-0.3, -0.25) is 4.79 Å². The van der Waals surface area contributed by atoms with Gasteiger partial charge in [0.25, 0.3) is 5.91 Å². The first kappa shape index (κ1) is 18.2. The molecular formula is C20H19BrN2O3. The van der Waals surface area contributed by atoms with Crippen LogP contribution in [0.3, 0.4) is 0 Å². The van der Waals surface area contributed by atoms with E-state index < -0.39 is 0 Å². The normalized spacial score (nSPS) is 15.4. The van der Waals surface area contributed by atoms with Crippen molar-refractivity contribution in [2.24, 2.45) is 5.10 Å². The van der Waals surface area contributed by atoms with Gasteiger partial charge in [0, 0.05) is 4.47 Å². The van der Waals surface area contributed by atoms with Crippen molar-refractivity contribution in [2.45, 2.75) is 13.8 Å². The van der Waals surface area contributed by atoms with E-state index in [1.54, 1.807) is 14.2 Å². The molecule has 0 radical (unpaired) electrons. The molecule has 0 aromatic heterocycles. The molecule has 3 rings (SSSR count). The van der Waals surface area contributed by atoms with Gasteiger partial charge in [-0.15, -0.1) is 0 Å². The standard InChI is InChI=1S/C20H19BrN2O3/c1-12-9-15(6-7-17(12)21)23-20(24)16(13(2)22-23)10-14-5-8-18(25-3)19(11-14)26-4/h5-11H,1-4H3. The highest BCUT2D eigenvalue weighted by atomic mass is 79.9. The first-order chi connectivity index (χ1) is 12.4. The van der Waals surface area contributed by atoms with Crippen molar-refractivity contribution >= 4 is 39.3 Å². The van der Waals surface area contributed by atoms with E-state index in [1.807, 2.05) is 56.3 Å². The molecule has 134 valence electrons. The van der Waals surface area contributed by atoms with E-state index in [2.05, 4.69) is 21.0 Å². The highest BCUT2D eigenvalue weighted by Crippen LogP contribution is 2.31. The van der Waals surface area contributed by atoms with Crippen molar-refractivity contribution in [2.75, 3.05) is 19.2 Å². The smallest absolute Gasteiger partial charge is 0.280 e. The zero-order valence-electron chi connectivity index (χ0n) is 15.0. The van der Waals surface area contributed by atoms with Crippen molar-refractivity contribution in [1.29, 1.82) is 0 Å². The van der Waals surface area contributed by atoms with E-state index in [0.29, 0.717) is 22.8 Å². The molecule has 2 aromatic carbocycles. The Balaban J connectivity index is 1.95. The fourth-order valence-electron chi connectivity index (χ4n) is 2.73. The number of halogens is 1. The van der Waals surface area contributed by atoms with Crippen molar-refractivity contribution < 1.29 is 14.3 Å². The fourth-order valence-corrected chi connectivity index (χ4v) is 2.98. The highest BCUT2D eigenvalue weighted by Gasteiger charge is 2.29. The molecule has 1 aliphatic heterocycles. The quantitative estimate of drug-likeness (QED) is 0.687. The largest absolute Gasteiger partial charge is 0.493 e. The second-order valence-electron chi connectivity index (χ2n) is 5.91. The molecule has 0 bridgehead atoms. The number of hydrogen-bond donors (Lipinski definition) is 0. The van der Waals surface area contributed by atoms with Gasteiger partial charge in [0.1, 0.15) is 0 Å². The van der Waals surface area contributed by atoms with E-state index in [4.69, 9.17) is 9.47 Å². The number of rotatable bonds is 4. The lowest BCUT2D eigenvalue weighted by molar-refractivity contribution is -0.114. The van der Waals surface area contributed by atoms with Gasteiger partial charge in [0.2, 0.25) is 0 Å². The predicted molar refractivity (Wildman–Crippen MR) is 107 cm³/mol. The van der Waals surface area contributed by atoms with Gasteiger partial charge in [-0.05, 0) is 61.4 Å². The van der Waals surface area contributed by atoms with Crippen LogP contribution < -0.4 is 14.5 Å². The zero-order chi connectivity index (χ0) is 18.8. The number of hydrogen-bond acceptors (Lipinski definition) is 4. The summed E-state index contributed by atoms with van der Waals surface area (Å²) in [5.41, 5.74) is 3.85. The fraction of sp³-hybridized carbons (Fsp3) is 0.200. The van der Waals surface area contributed by atoms with Crippen molar-refractivity contribution in [3.05, 3.63) is 57.6 Å². The molecule has 1 aliphatic rings. The molecule has 26 heavy (non-hydrogen) atoms. The summed E-state index contributed by atoms with van der Waals surface area (Å²) >= 11 is 3.47. The SMILES string of the molecule is COc1ccc(C=C2C(=O)N(c3ccc(Br)c(C)c3)N=C2C)cc1OC. The molecule has 0 fully saturated rings. The van der Waals surface area contributed by atoms with Crippen LogP contribution >= 0.6 is 15.9 Å². The Morgan fingerprint density at radius 3 is 2.42 bits per heavy atom. The minimum atomic E-state index is -0.154. The third-order valence-corrected chi connectivity index (χ3v) is 5.06. The van der Waals surface area contributed by atoms with Crippen molar-refractivity contribution in [3.63, 3.8) is 0 Å². The summed E-state index contributed by atoms with van der Waals surface area (Å²) < 4.78 is 11.6. The van der Waals surface area contributed by atoms with E-state index in [-0.39, 0.29) is 5.91 Å². The monoisotopic (exact) mass is 414 g/mol. The lowest BCUT2D eigenvalue weighted by atomic mass is 10.1. The summed E-state index contributed by atoms with van der Waals surface area (Å²) in [5, 5.41) is 5.86. The van der Waals surface area contributed by atoms with Gasteiger partial charge in [0.05, 0.1) is 31.2 Å². The molecule has 1 amide bonds. The minimum Gasteiger partial charge on any atom is -0.493 e. The van der Waals surface area contributed by atoms with Crippen LogP contribution in [-0.4, -0.2) is 25.8 Å². The third kappa shape index (κ3) is 3.37. The molecular weight excluding hydrogens is 396 g/mol. The Hall–Kier alpha value is -2.60. The number of benzene rings is 2. The molecule has 0 saturated heterocycles. The van der Waals surface area contributed by atoms with E-state index in [1.165, 1.54) is 5.01 Å². The number of ether oxygens (including phenoxy) is 2. The van der Waals surface area contributed by atoms with E-state index >= 15 is 0 Å². The van der Waals surface area contributed by atoms with E-state index in [9.17, 15) is 4.79 Å². The van der Waals surface area contributed by atoms with Crippen LogP contribution in [0.4, 0.5) is 5.69 Å². The van der Waals surface area contributed by atoms with Gasteiger partial charge in [-0.1, -0.05) is 22.0 Å². The van der Waals surface area contributed by atoms with Crippen LogP contribution in [0, 0.1) is 6.92 Å². The van der Waals surface area contributed by atoms with Gasteiger partial charge in [0.15, 0.2) is 11.5 Å². The summed E-state index contributed by atoms with van der Waals surface area (Å²) in [6.07, 6.45) is 1.81. The summed E-state index contributed by atoms with van der Waals surface area (Å²) in [6, 6.07) is 11.2.